The minimum absolute atomic E-state index is 0. The fourth-order valence-corrected chi connectivity index (χ4v) is 4.64. The third-order valence-corrected chi connectivity index (χ3v) is 6.00. The summed E-state index contributed by atoms with van der Waals surface area (Å²) < 4.78 is 2.27. The molecule has 1 radical (unpaired) electrons. The van der Waals surface area contributed by atoms with E-state index in [-0.39, 0.29) is 25.9 Å². The first-order chi connectivity index (χ1) is 14.6. The fraction of sp³-hybridized carbons (Fsp3) is 0.385. The van der Waals surface area contributed by atoms with Crippen molar-refractivity contribution in [3.63, 3.8) is 0 Å². The van der Waals surface area contributed by atoms with E-state index in [0.29, 0.717) is 24.1 Å². The van der Waals surface area contributed by atoms with E-state index in [9.17, 15) is 9.90 Å². The number of carbonyl (C=O) groups is 1. The minimum Gasteiger partial charge on any atom is -0.512 e. The van der Waals surface area contributed by atoms with Crippen LogP contribution in [0.25, 0.3) is 22.4 Å². The van der Waals surface area contributed by atoms with Gasteiger partial charge in [-0.25, -0.2) is 0 Å². The fourth-order valence-electron chi connectivity index (χ4n) is 4.64. The SMILES string of the molecule is CC(C)n1c(-c2[c-]cccc2)nc2ccccc21.O=C1CCCC2CCCC(O)=C12.[Ir]. The maximum atomic E-state index is 11.4. The molecule has 1 N–H and O–H groups in total. The first-order valence-electron chi connectivity index (χ1n) is 11.0. The average Bonchev–Trinajstić information content (AvgIpc) is 3.15. The number of rotatable bonds is 2. The summed E-state index contributed by atoms with van der Waals surface area (Å²) in [5.41, 5.74) is 4.04. The number of ketones is 1. The summed E-state index contributed by atoms with van der Waals surface area (Å²) in [5, 5.41) is 9.53. The molecule has 1 aromatic heterocycles. The molecule has 1 heterocycles. The van der Waals surface area contributed by atoms with E-state index in [1.54, 1.807) is 0 Å². The molecule has 31 heavy (non-hydrogen) atoms. The first-order valence-corrected chi connectivity index (χ1v) is 11.0. The van der Waals surface area contributed by atoms with E-state index in [0.717, 1.165) is 54.6 Å². The van der Waals surface area contributed by atoms with Crippen LogP contribution in [0.15, 0.2) is 59.9 Å². The Balaban J connectivity index is 0.000000183. The molecule has 5 heteroatoms. The second-order valence-electron chi connectivity index (χ2n) is 8.43. The molecule has 1 atom stereocenters. The summed E-state index contributed by atoms with van der Waals surface area (Å²) in [6, 6.07) is 19.9. The van der Waals surface area contributed by atoms with Gasteiger partial charge in [-0.3, -0.25) is 9.78 Å². The molecule has 0 saturated heterocycles. The van der Waals surface area contributed by atoms with Crippen molar-refractivity contribution in [1.82, 2.24) is 9.55 Å². The molecule has 2 aliphatic carbocycles. The normalized spacial score (nSPS) is 18.3. The molecule has 4 nitrogen and oxygen atoms in total. The molecule has 1 saturated carbocycles. The Labute approximate surface area is 197 Å². The number of fused-ring (bicyclic) bond motifs is 2. The van der Waals surface area contributed by atoms with Crippen LogP contribution in [0.2, 0.25) is 0 Å². The van der Waals surface area contributed by atoms with Gasteiger partial charge in [0.05, 0.1) is 22.6 Å². The molecule has 1 fully saturated rings. The van der Waals surface area contributed by atoms with Crippen LogP contribution in [0.5, 0.6) is 0 Å². The van der Waals surface area contributed by atoms with Crippen LogP contribution >= 0.6 is 0 Å². The number of nitrogens with zero attached hydrogens (tertiary/aromatic N) is 2. The van der Waals surface area contributed by atoms with Gasteiger partial charge in [0, 0.05) is 44.6 Å². The van der Waals surface area contributed by atoms with Crippen molar-refractivity contribution < 1.29 is 30.0 Å². The summed E-state index contributed by atoms with van der Waals surface area (Å²) in [4.78, 5) is 16.2. The Morgan fingerprint density at radius 2 is 1.77 bits per heavy atom. The Hall–Kier alpha value is -2.23. The van der Waals surface area contributed by atoms with Crippen LogP contribution in [-0.2, 0) is 24.9 Å². The standard InChI is InChI=1S/C16H15N2.C10H14O2.Ir/c1-12(2)18-15-11-7-6-10-14(15)17-16(18)13-8-4-3-5-9-13;11-8-5-1-3-7-4-2-6-9(12)10(7)8;/h3-8,10-12H,1-2H3;7,11H,1-6H2;/q-1;;. The van der Waals surface area contributed by atoms with E-state index < -0.39 is 0 Å². The van der Waals surface area contributed by atoms with Crippen LogP contribution in [0.4, 0.5) is 0 Å². The van der Waals surface area contributed by atoms with Crippen molar-refractivity contribution in [3.8, 4) is 11.4 Å². The van der Waals surface area contributed by atoms with E-state index in [4.69, 9.17) is 4.98 Å². The van der Waals surface area contributed by atoms with Gasteiger partial charge in [0.1, 0.15) is 0 Å². The van der Waals surface area contributed by atoms with Gasteiger partial charge in [-0.05, 0) is 57.6 Å². The number of allylic oxidation sites excluding steroid dienone is 2. The zero-order valence-corrected chi connectivity index (χ0v) is 20.5. The summed E-state index contributed by atoms with van der Waals surface area (Å²) in [6.45, 7) is 4.36. The average molecular weight is 594 g/mol. The molecule has 1 unspecified atom stereocenters. The minimum atomic E-state index is 0. The van der Waals surface area contributed by atoms with Gasteiger partial charge in [-0.2, -0.15) is 0 Å². The Morgan fingerprint density at radius 1 is 1.06 bits per heavy atom. The number of Topliss-reactive ketones (excluding diaryl/α,β-unsaturated/α-hetero) is 1. The van der Waals surface area contributed by atoms with Gasteiger partial charge in [0.15, 0.2) is 5.78 Å². The number of carbonyl (C=O) groups excluding carboxylic acids is 1. The second kappa shape index (κ2) is 10.4. The van der Waals surface area contributed by atoms with Crippen molar-refractivity contribution in [2.75, 3.05) is 0 Å². The maximum Gasteiger partial charge on any atom is 0.162 e. The van der Waals surface area contributed by atoms with Gasteiger partial charge in [0.25, 0.3) is 0 Å². The molecule has 2 aromatic carbocycles. The third-order valence-electron chi connectivity index (χ3n) is 6.00. The Bertz CT molecular complexity index is 1070. The van der Waals surface area contributed by atoms with E-state index in [1.807, 2.05) is 24.3 Å². The third kappa shape index (κ3) is 4.99. The zero-order valence-electron chi connectivity index (χ0n) is 18.1. The molecule has 0 aliphatic heterocycles. The first kappa shape index (κ1) is 23.4. The van der Waals surface area contributed by atoms with Gasteiger partial charge in [-0.1, -0.05) is 12.1 Å². The van der Waals surface area contributed by atoms with Crippen molar-refractivity contribution in [3.05, 3.63) is 65.9 Å². The summed E-state index contributed by atoms with van der Waals surface area (Å²) in [6.07, 6.45) is 5.64. The van der Waals surface area contributed by atoms with Crippen LogP contribution in [-0.4, -0.2) is 20.4 Å². The number of benzene rings is 2. The van der Waals surface area contributed by atoms with Gasteiger partial charge >= 0.3 is 0 Å². The van der Waals surface area contributed by atoms with Gasteiger partial charge in [-0.15, -0.1) is 35.9 Å². The summed E-state index contributed by atoms with van der Waals surface area (Å²) in [5.74, 6) is 1.96. The molecule has 5 rings (SSSR count). The Kier molecular flexibility index (Phi) is 7.85. The number of aliphatic hydroxyl groups excluding tert-OH is 1. The zero-order chi connectivity index (χ0) is 21.1. The van der Waals surface area contributed by atoms with Crippen LogP contribution < -0.4 is 0 Å². The van der Waals surface area contributed by atoms with E-state index in [2.05, 4.69) is 48.7 Å². The van der Waals surface area contributed by atoms with E-state index in [1.165, 1.54) is 5.52 Å². The molecular weight excluding hydrogens is 565 g/mol. The van der Waals surface area contributed by atoms with Crippen molar-refractivity contribution in [2.45, 2.75) is 58.4 Å². The van der Waals surface area contributed by atoms with Gasteiger partial charge < -0.3 is 9.67 Å². The number of aromatic nitrogens is 2. The van der Waals surface area contributed by atoms with Crippen molar-refractivity contribution in [2.24, 2.45) is 5.92 Å². The Morgan fingerprint density at radius 3 is 2.45 bits per heavy atom. The number of hydrogen-bond acceptors (Lipinski definition) is 3. The topological polar surface area (TPSA) is 55.1 Å². The molecule has 0 bridgehead atoms. The molecule has 2 aliphatic rings. The molecule has 0 amide bonds. The van der Waals surface area contributed by atoms with E-state index >= 15 is 0 Å². The van der Waals surface area contributed by atoms with Crippen molar-refractivity contribution in [1.29, 1.82) is 0 Å². The maximum absolute atomic E-state index is 11.4. The van der Waals surface area contributed by atoms with Crippen LogP contribution in [0, 0.1) is 12.0 Å². The smallest absolute Gasteiger partial charge is 0.162 e. The number of hydrogen-bond donors (Lipinski definition) is 1. The van der Waals surface area contributed by atoms with Crippen molar-refractivity contribution >= 4 is 16.8 Å². The molecular formula is C26H29IrN2O2-. The quantitative estimate of drug-likeness (QED) is 0.349. The number of imidazole rings is 1. The number of para-hydroxylation sites is 2. The summed E-state index contributed by atoms with van der Waals surface area (Å²) in [7, 11) is 0. The number of aliphatic hydroxyl groups is 1. The van der Waals surface area contributed by atoms with Crippen LogP contribution in [0.3, 0.4) is 0 Å². The predicted octanol–water partition coefficient (Wildman–Crippen LogP) is 6.43. The largest absolute Gasteiger partial charge is 0.512 e. The summed E-state index contributed by atoms with van der Waals surface area (Å²) >= 11 is 0. The molecule has 165 valence electrons. The molecule has 3 aromatic rings. The predicted molar refractivity (Wildman–Crippen MR) is 120 cm³/mol. The van der Waals surface area contributed by atoms with Gasteiger partial charge in [0.2, 0.25) is 0 Å². The second-order valence-corrected chi connectivity index (χ2v) is 8.43. The van der Waals surface area contributed by atoms with Crippen LogP contribution in [0.1, 0.15) is 58.4 Å². The monoisotopic (exact) mass is 594 g/mol. The molecule has 0 spiro atoms.